The lowest BCUT2D eigenvalue weighted by molar-refractivity contribution is 0.248. The van der Waals surface area contributed by atoms with Crippen molar-refractivity contribution in [2.45, 2.75) is 44.9 Å². The summed E-state index contributed by atoms with van der Waals surface area (Å²) >= 11 is 1.32. The van der Waals surface area contributed by atoms with Gasteiger partial charge in [0.2, 0.25) is 0 Å². The maximum absolute atomic E-state index is 8.14. The fourth-order valence-corrected chi connectivity index (χ4v) is 1.85. The maximum atomic E-state index is 8.14. The van der Waals surface area contributed by atoms with Gasteiger partial charge in [-0.3, -0.25) is 5.14 Å². The van der Waals surface area contributed by atoms with E-state index >= 15 is 0 Å². The van der Waals surface area contributed by atoms with Crippen LogP contribution in [0, 0.1) is 5.92 Å². The minimum absolute atomic E-state index is 0.183. The minimum Gasteiger partial charge on any atom is -0.396 e. The van der Waals surface area contributed by atoms with Crippen molar-refractivity contribution in [2.24, 2.45) is 11.1 Å². The zero-order chi connectivity index (χ0) is 13.5. The molecule has 0 amide bonds. The zero-order valence-corrected chi connectivity index (χ0v) is 12.3. The van der Waals surface area contributed by atoms with Gasteiger partial charge in [0, 0.05) is 11.5 Å². The molecule has 0 atom stereocenters. The molecule has 3 heteroatoms. The Morgan fingerprint density at radius 3 is 2.00 bits per heavy atom. The molecular formula is C14H25NOS. The Bertz CT molecular complexity index is 318. The maximum Gasteiger partial charge on any atom is 0.0453 e. The second-order valence-corrected chi connectivity index (χ2v) is 6.12. The van der Waals surface area contributed by atoms with E-state index < -0.39 is 0 Å². The van der Waals surface area contributed by atoms with Crippen LogP contribution in [-0.4, -0.2) is 11.7 Å². The predicted octanol–water partition coefficient (Wildman–Crippen LogP) is 3.58. The average molecular weight is 255 g/mol. The molecule has 0 aliphatic carbocycles. The number of rotatable bonds is 2. The molecule has 1 aromatic carbocycles. The molecule has 0 bridgehead atoms. The van der Waals surface area contributed by atoms with E-state index in [1.54, 1.807) is 0 Å². The number of benzene rings is 1. The summed E-state index contributed by atoms with van der Waals surface area (Å²) in [7, 11) is 0. The molecule has 0 spiro atoms. The van der Waals surface area contributed by atoms with Gasteiger partial charge in [0.05, 0.1) is 0 Å². The summed E-state index contributed by atoms with van der Waals surface area (Å²) in [6.45, 7) is 10.8. The van der Waals surface area contributed by atoms with E-state index in [1.807, 2.05) is 19.9 Å². The van der Waals surface area contributed by atoms with Gasteiger partial charge in [-0.25, -0.2) is 0 Å². The molecule has 0 heterocycles. The highest BCUT2D eigenvalue weighted by molar-refractivity contribution is 7.97. The smallest absolute Gasteiger partial charge is 0.0453 e. The van der Waals surface area contributed by atoms with Crippen LogP contribution in [0.5, 0.6) is 0 Å². The van der Waals surface area contributed by atoms with Gasteiger partial charge in [0.25, 0.3) is 0 Å². The fourth-order valence-electron chi connectivity index (χ4n) is 1.19. The Hall–Kier alpha value is -0.510. The Kier molecular flexibility index (Phi) is 7.51. The summed E-state index contributed by atoms with van der Waals surface area (Å²) < 4.78 is 0. The predicted molar refractivity (Wildman–Crippen MR) is 77.1 cm³/mol. The van der Waals surface area contributed by atoms with Crippen molar-refractivity contribution < 1.29 is 5.11 Å². The van der Waals surface area contributed by atoms with Gasteiger partial charge < -0.3 is 5.11 Å². The van der Waals surface area contributed by atoms with Crippen LogP contribution in [0.25, 0.3) is 0 Å². The van der Waals surface area contributed by atoms with Crippen molar-refractivity contribution in [3.05, 3.63) is 29.8 Å². The summed E-state index contributed by atoms with van der Waals surface area (Å²) in [5, 5.41) is 13.7. The minimum atomic E-state index is 0.183. The topological polar surface area (TPSA) is 46.2 Å². The standard InChI is InChI=1S/C10H15NS.C4H10O/c1-10(2,3)8-6-4-5-7-9(8)12-11;1-4(2)3-5/h4-7H,11H2,1-3H3;4-5H,3H2,1-2H3. The van der Waals surface area contributed by atoms with Crippen LogP contribution in [0.1, 0.15) is 40.2 Å². The molecule has 0 radical (unpaired) electrons. The van der Waals surface area contributed by atoms with Crippen LogP contribution in [0.3, 0.4) is 0 Å². The summed E-state index contributed by atoms with van der Waals surface area (Å²) in [5.41, 5.74) is 1.50. The summed E-state index contributed by atoms with van der Waals surface area (Å²) in [4.78, 5) is 1.17. The van der Waals surface area contributed by atoms with E-state index in [0.717, 1.165) is 0 Å². The van der Waals surface area contributed by atoms with Gasteiger partial charge in [-0.2, -0.15) is 0 Å². The van der Waals surface area contributed by atoms with Crippen LogP contribution in [0.4, 0.5) is 0 Å². The summed E-state index contributed by atoms with van der Waals surface area (Å²) in [5.74, 6) is 0.440. The van der Waals surface area contributed by atoms with Crippen molar-refractivity contribution in [1.82, 2.24) is 0 Å². The van der Waals surface area contributed by atoms with Gasteiger partial charge in [-0.05, 0) is 34.9 Å². The first-order valence-electron chi connectivity index (χ1n) is 5.90. The lowest BCUT2D eigenvalue weighted by Crippen LogP contribution is -2.12. The van der Waals surface area contributed by atoms with E-state index in [4.69, 9.17) is 10.2 Å². The largest absolute Gasteiger partial charge is 0.396 e. The Morgan fingerprint density at radius 2 is 1.71 bits per heavy atom. The second-order valence-electron chi connectivity index (χ2n) is 5.44. The first kappa shape index (κ1) is 16.5. The highest BCUT2D eigenvalue weighted by Gasteiger charge is 2.16. The van der Waals surface area contributed by atoms with Gasteiger partial charge in [0.15, 0.2) is 0 Å². The van der Waals surface area contributed by atoms with E-state index in [0.29, 0.717) is 12.5 Å². The molecule has 1 aromatic rings. The number of hydrogen-bond donors (Lipinski definition) is 2. The van der Waals surface area contributed by atoms with Crippen molar-refractivity contribution in [3.63, 3.8) is 0 Å². The average Bonchev–Trinajstić information content (AvgIpc) is 2.28. The lowest BCUT2D eigenvalue weighted by atomic mass is 9.87. The van der Waals surface area contributed by atoms with E-state index in [2.05, 4.69) is 39.0 Å². The van der Waals surface area contributed by atoms with Crippen LogP contribution in [-0.2, 0) is 5.41 Å². The van der Waals surface area contributed by atoms with Crippen LogP contribution < -0.4 is 5.14 Å². The van der Waals surface area contributed by atoms with Gasteiger partial charge in [-0.15, -0.1) is 0 Å². The van der Waals surface area contributed by atoms with E-state index in [9.17, 15) is 0 Å². The van der Waals surface area contributed by atoms with Crippen LogP contribution >= 0.6 is 11.9 Å². The SMILES string of the molecule is CC(C)(C)c1ccccc1SN.CC(C)CO. The first-order valence-corrected chi connectivity index (χ1v) is 6.78. The molecule has 0 fully saturated rings. The molecule has 17 heavy (non-hydrogen) atoms. The molecule has 0 saturated carbocycles. The summed E-state index contributed by atoms with van der Waals surface area (Å²) in [6, 6.07) is 8.27. The molecule has 1 rings (SSSR count). The Morgan fingerprint density at radius 1 is 1.24 bits per heavy atom. The molecule has 0 saturated heterocycles. The molecule has 3 N–H and O–H groups in total. The van der Waals surface area contributed by atoms with Crippen molar-refractivity contribution in [2.75, 3.05) is 6.61 Å². The molecular weight excluding hydrogens is 230 g/mol. The van der Waals surface area contributed by atoms with Crippen molar-refractivity contribution in [1.29, 1.82) is 0 Å². The zero-order valence-electron chi connectivity index (χ0n) is 11.5. The van der Waals surface area contributed by atoms with Crippen LogP contribution in [0.15, 0.2) is 29.2 Å². The number of aliphatic hydroxyl groups excluding tert-OH is 1. The molecule has 98 valence electrons. The highest BCUT2D eigenvalue weighted by atomic mass is 32.2. The van der Waals surface area contributed by atoms with Crippen LogP contribution in [0.2, 0.25) is 0 Å². The fraction of sp³-hybridized carbons (Fsp3) is 0.571. The first-order chi connectivity index (χ1) is 7.82. The van der Waals surface area contributed by atoms with Gasteiger partial charge in [-0.1, -0.05) is 52.8 Å². The number of aliphatic hydroxyl groups is 1. The molecule has 0 aromatic heterocycles. The van der Waals surface area contributed by atoms with E-state index in [1.165, 1.54) is 22.4 Å². The Balaban J connectivity index is 0.000000437. The second kappa shape index (κ2) is 7.75. The van der Waals surface area contributed by atoms with Crippen molar-refractivity contribution >= 4 is 11.9 Å². The normalized spacial score (nSPS) is 11.1. The summed E-state index contributed by atoms with van der Waals surface area (Å²) in [6.07, 6.45) is 0. The molecule has 0 aliphatic rings. The highest BCUT2D eigenvalue weighted by Crippen LogP contribution is 2.29. The van der Waals surface area contributed by atoms with Crippen molar-refractivity contribution in [3.8, 4) is 0 Å². The van der Waals surface area contributed by atoms with Gasteiger partial charge in [0.1, 0.15) is 0 Å². The van der Waals surface area contributed by atoms with E-state index in [-0.39, 0.29) is 5.41 Å². The quantitative estimate of drug-likeness (QED) is 0.794. The Labute approximate surface area is 110 Å². The monoisotopic (exact) mass is 255 g/mol. The third-order valence-electron chi connectivity index (χ3n) is 2.19. The lowest BCUT2D eigenvalue weighted by Gasteiger charge is -2.21. The molecule has 0 unspecified atom stereocenters. The number of hydrogen-bond acceptors (Lipinski definition) is 3. The third kappa shape index (κ3) is 6.71. The van der Waals surface area contributed by atoms with Gasteiger partial charge >= 0.3 is 0 Å². The molecule has 2 nitrogen and oxygen atoms in total. The third-order valence-corrected chi connectivity index (χ3v) is 2.80. The number of nitrogens with two attached hydrogens (primary N) is 1. The molecule has 0 aliphatic heterocycles.